The summed E-state index contributed by atoms with van der Waals surface area (Å²) in [6.07, 6.45) is 0. The molecule has 4 aromatic rings. The van der Waals surface area contributed by atoms with E-state index in [0.717, 1.165) is 16.6 Å². The monoisotopic (exact) mass is 384 g/mol. The van der Waals surface area contributed by atoms with Crippen LogP contribution in [0.15, 0.2) is 71.5 Å². The number of nitrogens with zero attached hydrogens (tertiary/aromatic N) is 2. The quantitative estimate of drug-likeness (QED) is 0.489. The van der Waals surface area contributed by atoms with E-state index in [-0.39, 0.29) is 17.9 Å². The first-order chi connectivity index (χ1) is 14.0. The highest BCUT2D eigenvalue weighted by Crippen LogP contribution is 2.20. The van der Waals surface area contributed by atoms with Gasteiger partial charge in [0.1, 0.15) is 6.54 Å². The smallest absolute Gasteiger partial charge is 0.242 e. The number of carbonyl (C=O) groups is 1. The van der Waals surface area contributed by atoms with Gasteiger partial charge in [0.2, 0.25) is 5.91 Å². The van der Waals surface area contributed by atoms with Crippen molar-refractivity contribution in [2.45, 2.75) is 26.9 Å². The maximum atomic E-state index is 13.1. The summed E-state index contributed by atoms with van der Waals surface area (Å²) in [4.78, 5) is 27.7. The molecule has 0 atom stereocenters. The summed E-state index contributed by atoms with van der Waals surface area (Å²) in [6, 6.07) is 21.3. The van der Waals surface area contributed by atoms with Crippen molar-refractivity contribution in [1.29, 1.82) is 0 Å². The minimum absolute atomic E-state index is 0.00327. The molecule has 0 N–H and O–H groups in total. The normalized spacial score (nSPS) is 11.1. The van der Waals surface area contributed by atoms with Gasteiger partial charge in [-0.1, -0.05) is 48.0 Å². The predicted molar refractivity (Wildman–Crippen MR) is 118 cm³/mol. The number of aromatic nitrogens is 1. The van der Waals surface area contributed by atoms with E-state index >= 15 is 0 Å². The molecule has 146 valence electrons. The fourth-order valence-electron chi connectivity index (χ4n) is 3.87. The third kappa shape index (κ3) is 3.54. The molecule has 0 aliphatic rings. The number of fused-ring (bicyclic) bond motifs is 2. The number of amides is 1. The lowest BCUT2D eigenvalue weighted by molar-refractivity contribution is -0.130. The second-order valence-corrected chi connectivity index (χ2v) is 7.63. The topological polar surface area (TPSA) is 42.3 Å². The maximum Gasteiger partial charge on any atom is 0.242 e. The van der Waals surface area contributed by atoms with Crippen molar-refractivity contribution in [3.8, 4) is 0 Å². The molecule has 4 heteroatoms. The van der Waals surface area contributed by atoms with Gasteiger partial charge in [-0.05, 0) is 49.2 Å². The van der Waals surface area contributed by atoms with Gasteiger partial charge in [-0.2, -0.15) is 0 Å². The van der Waals surface area contributed by atoms with Crippen LogP contribution in [0.25, 0.3) is 21.8 Å². The minimum Gasteiger partial charge on any atom is -0.340 e. The van der Waals surface area contributed by atoms with Gasteiger partial charge in [0.25, 0.3) is 0 Å². The fourth-order valence-corrected chi connectivity index (χ4v) is 3.87. The van der Waals surface area contributed by atoms with Crippen LogP contribution in [-0.2, 0) is 17.9 Å². The second-order valence-electron chi connectivity index (χ2n) is 7.63. The summed E-state index contributed by atoms with van der Waals surface area (Å²) in [6.45, 7) is 4.88. The van der Waals surface area contributed by atoms with Crippen LogP contribution < -0.4 is 5.43 Å². The first-order valence-corrected chi connectivity index (χ1v) is 9.76. The average Bonchev–Trinajstić information content (AvgIpc) is 2.73. The fraction of sp³-hybridized carbons (Fsp3) is 0.200. The predicted octanol–water partition coefficient (Wildman–Crippen LogP) is 4.43. The van der Waals surface area contributed by atoms with Crippen molar-refractivity contribution in [1.82, 2.24) is 9.47 Å². The Kier molecular flexibility index (Phi) is 4.93. The lowest BCUT2D eigenvalue weighted by Gasteiger charge is -2.21. The molecule has 0 radical (unpaired) electrons. The van der Waals surface area contributed by atoms with Crippen molar-refractivity contribution >= 4 is 27.7 Å². The zero-order valence-corrected chi connectivity index (χ0v) is 17.0. The molecule has 29 heavy (non-hydrogen) atoms. The molecule has 0 unspecified atom stereocenters. The molecule has 0 aliphatic heterocycles. The van der Waals surface area contributed by atoms with Crippen molar-refractivity contribution in [3.05, 3.63) is 93.6 Å². The number of rotatable bonds is 4. The van der Waals surface area contributed by atoms with E-state index in [9.17, 15) is 9.59 Å². The molecule has 1 amide bonds. The molecule has 1 aromatic heterocycles. The molecular weight excluding hydrogens is 360 g/mol. The van der Waals surface area contributed by atoms with E-state index < -0.39 is 0 Å². The summed E-state index contributed by atoms with van der Waals surface area (Å²) in [5.41, 5.74) is 5.11. The van der Waals surface area contributed by atoms with E-state index in [1.54, 1.807) is 4.90 Å². The van der Waals surface area contributed by atoms with Gasteiger partial charge in [0, 0.05) is 24.4 Å². The third-order valence-electron chi connectivity index (χ3n) is 5.50. The lowest BCUT2D eigenvalue weighted by atomic mass is 10.1. The maximum absolute atomic E-state index is 13.1. The van der Waals surface area contributed by atoms with Gasteiger partial charge < -0.3 is 9.47 Å². The Hall–Kier alpha value is -3.40. The van der Waals surface area contributed by atoms with Crippen LogP contribution in [0.4, 0.5) is 0 Å². The van der Waals surface area contributed by atoms with Crippen LogP contribution in [0.1, 0.15) is 16.7 Å². The Bertz CT molecular complexity index is 1230. The lowest BCUT2D eigenvalue weighted by Crippen LogP contribution is -2.30. The van der Waals surface area contributed by atoms with E-state index in [0.29, 0.717) is 17.3 Å². The number of carbonyl (C=O) groups excluding carboxylic acids is 1. The Balaban J connectivity index is 1.72. The number of hydrogen-bond acceptors (Lipinski definition) is 2. The van der Waals surface area contributed by atoms with Crippen LogP contribution in [0.2, 0.25) is 0 Å². The number of pyridine rings is 1. The number of likely N-dealkylation sites (N-methyl/N-ethyl adjacent to an activating group) is 1. The number of hydrogen-bond donors (Lipinski definition) is 0. The first-order valence-electron chi connectivity index (χ1n) is 9.76. The zero-order valence-electron chi connectivity index (χ0n) is 17.0. The molecular formula is C25H24N2O2. The highest BCUT2D eigenvalue weighted by Gasteiger charge is 2.16. The SMILES string of the molecule is Cc1ccc(CN(C)C(=O)Cn2c3ccccc3c(=O)c3ccccc32)c(C)c1. The Morgan fingerprint density at radius 2 is 1.48 bits per heavy atom. The first kappa shape index (κ1) is 18.9. The molecule has 4 nitrogen and oxygen atoms in total. The Labute approximate surface area is 170 Å². The molecule has 0 fully saturated rings. The standard InChI is InChI=1S/C25H24N2O2/c1-17-12-13-19(18(2)14-17)15-26(3)24(28)16-27-22-10-6-4-8-20(22)25(29)21-9-5-7-11-23(21)27/h4-14H,15-16H2,1-3H3. The highest BCUT2D eigenvalue weighted by molar-refractivity contribution is 5.94. The third-order valence-corrected chi connectivity index (χ3v) is 5.50. The van der Waals surface area contributed by atoms with E-state index in [2.05, 4.69) is 32.0 Å². The van der Waals surface area contributed by atoms with Gasteiger partial charge in [-0.25, -0.2) is 0 Å². The number of aryl methyl sites for hydroxylation is 2. The van der Waals surface area contributed by atoms with Crippen LogP contribution in [0, 0.1) is 13.8 Å². The largest absolute Gasteiger partial charge is 0.340 e. The van der Waals surface area contributed by atoms with Crippen molar-refractivity contribution in [2.75, 3.05) is 7.05 Å². The molecule has 0 spiro atoms. The Morgan fingerprint density at radius 1 is 0.897 bits per heavy atom. The second kappa shape index (κ2) is 7.55. The summed E-state index contributed by atoms with van der Waals surface area (Å²) in [5, 5.41) is 1.27. The van der Waals surface area contributed by atoms with Crippen molar-refractivity contribution in [3.63, 3.8) is 0 Å². The Morgan fingerprint density at radius 3 is 2.07 bits per heavy atom. The van der Waals surface area contributed by atoms with Gasteiger partial charge in [0.15, 0.2) is 5.43 Å². The van der Waals surface area contributed by atoms with Crippen LogP contribution in [0.3, 0.4) is 0 Å². The van der Waals surface area contributed by atoms with Crippen molar-refractivity contribution < 1.29 is 4.79 Å². The summed E-state index contributed by atoms with van der Waals surface area (Å²) < 4.78 is 1.95. The average molecular weight is 384 g/mol. The molecule has 0 saturated carbocycles. The molecule has 0 aliphatic carbocycles. The molecule has 4 rings (SSSR count). The number of para-hydroxylation sites is 2. The minimum atomic E-state index is 0.00327. The summed E-state index contributed by atoms with van der Waals surface area (Å²) >= 11 is 0. The molecule has 0 saturated heterocycles. The summed E-state index contributed by atoms with van der Waals surface area (Å²) in [5.74, 6) is 0.00364. The van der Waals surface area contributed by atoms with Crippen LogP contribution >= 0.6 is 0 Å². The van der Waals surface area contributed by atoms with Gasteiger partial charge in [-0.15, -0.1) is 0 Å². The van der Waals surface area contributed by atoms with Gasteiger partial charge >= 0.3 is 0 Å². The van der Waals surface area contributed by atoms with E-state index in [4.69, 9.17) is 0 Å². The zero-order chi connectivity index (χ0) is 20.5. The highest BCUT2D eigenvalue weighted by atomic mass is 16.2. The van der Waals surface area contributed by atoms with Gasteiger partial charge in [-0.3, -0.25) is 9.59 Å². The summed E-state index contributed by atoms with van der Waals surface area (Å²) in [7, 11) is 1.83. The molecule has 1 heterocycles. The van der Waals surface area contributed by atoms with Gasteiger partial charge in [0.05, 0.1) is 11.0 Å². The van der Waals surface area contributed by atoms with Crippen molar-refractivity contribution in [2.24, 2.45) is 0 Å². The van der Waals surface area contributed by atoms with E-state index in [1.807, 2.05) is 60.1 Å². The van der Waals surface area contributed by atoms with Crippen LogP contribution in [0.5, 0.6) is 0 Å². The van der Waals surface area contributed by atoms with Crippen LogP contribution in [-0.4, -0.2) is 22.4 Å². The molecule has 0 bridgehead atoms. The number of benzene rings is 3. The van der Waals surface area contributed by atoms with E-state index in [1.165, 1.54) is 11.1 Å². The molecule has 3 aromatic carbocycles.